The Hall–Kier alpha value is -1.06. The van der Waals surface area contributed by atoms with Gasteiger partial charge in [-0.15, -0.1) is 0 Å². The van der Waals surface area contributed by atoms with Crippen molar-refractivity contribution in [2.24, 2.45) is 11.8 Å². The number of hydrogen-bond acceptors (Lipinski definition) is 2. The van der Waals surface area contributed by atoms with Gasteiger partial charge in [0.2, 0.25) is 5.91 Å². The molecule has 3 unspecified atom stereocenters. The van der Waals surface area contributed by atoms with E-state index in [0.717, 1.165) is 18.7 Å². The Morgan fingerprint density at radius 1 is 1.39 bits per heavy atom. The van der Waals surface area contributed by atoms with Crippen molar-refractivity contribution in [2.75, 3.05) is 13.1 Å². The van der Waals surface area contributed by atoms with Crippen LogP contribution in [0.2, 0.25) is 5.02 Å². The highest BCUT2D eigenvalue weighted by Crippen LogP contribution is 2.19. The Balaban J connectivity index is 1.96. The van der Waals surface area contributed by atoms with Gasteiger partial charge in [-0.05, 0) is 37.1 Å². The van der Waals surface area contributed by atoms with E-state index in [-0.39, 0.29) is 17.9 Å². The van der Waals surface area contributed by atoms with E-state index in [9.17, 15) is 4.79 Å². The molecule has 2 rings (SSSR count). The van der Waals surface area contributed by atoms with Crippen LogP contribution in [-0.4, -0.2) is 19.0 Å². The van der Waals surface area contributed by atoms with Gasteiger partial charge >= 0.3 is 0 Å². The summed E-state index contributed by atoms with van der Waals surface area (Å²) >= 11 is 5.85. The second-order valence-corrected chi connectivity index (χ2v) is 5.46. The first-order valence-electron chi connectivity index (χ1n) is 6.34. The molecule has 1 fully saturated rings. The molecule has 4 heteroatoms. The molecule has 1 aromatic carbocycles. The zero-order chi connectivity index (χ0) is 13.1. The lowest BCUT2D eigenvalue weighted by molar-refractivity contribution is -0.126. The summed E-state index contributed by atoms with van der Waals surface area (Å²) in [6.45, 7) is 5.80. The van der Waals surface area contributed by atoms with Crippen LogP contribution in [0.1, 0.15) is 25.5 Å². The Kier molecular flexibility index (Phi) is 4.25. The van der Waals surface area contributed by atoms with Crippen molar-refractivity contribution in [2.45, 2.75) is 19.9 Å². The predicted octanol–water partition coefficient (Wildman–Crippen LogP) is 2.37. The molecule has 0 bridgehead atoms. The van der Waals surface area contributed by atoms with E-state index in [1.807, 2.05) is 31.2 Å². The maximum Gasteiger partial charge on any atom is 0.225 e. The zero-order valence-electron chi connectivity index (χ0n) is 10.7. The highest BCUT2D eigenvalue weighted by molar-refractivity contribution is 6.30. The number of amides is 1. The van der Waals surface area contributed by atoms with Crippen molar-refractivity contribution < 1.29 is 4.79 Å². The Labute approximate surface area is 113 Å². The minimum Gasteiger partial charge on any atom is -0.349 e. The maximum atomic E-state index is 12.1. The van der Waals surface area contributed by atoms with Crippen LogP contribution in [-0.2, 0) is 4.79 Å². The molecule has 1 aliphatic rings. The van der Waals surface area contributed by atoms with E-state index in [1.165, 1.54) is 0 Å². The van der Waals surface area contributed by atoms with Gasteiger partial charge in [0.15, 0.2) is 0 Å². The predicted molar refractivity (Wildman–Crippen MR) is 73.5 cm³/mol. The lowest BCUT2D eigenvalue weighted by Gasteiger charge is -2.19. The molecule has 3 nitrogen and oxygen atoms in total. The van der Waals surface area contributed by atoms with Crippen LogP contribution >= 0.6 is 11.6 Å². The maximum absolute atomic E-state index is 12.1. The summed E-state index contributed by atoms with van der Waals surface area (Å²) in [5, 5.41) is 7.02. The van der Waals surface area contributed by atoms with Gasteiger partial charge in [0.25, 0.3) is 0 Å². The Morgan fingerprint density at radius 3 is 2.61 bits per heavy atom. The smallest absolute Gasteiger partial charge is 0.225 e. The summed E-state index contributed by atoms with van der Waals surface area (Å²) in [5.41, 5.74) is 1.08. The second-order valence-electron chi connectivity index (χ2n) is 5.02. The fraction of sp³-hybridized carbons (Fsp3) is 0.500. The standard InChI is InChI=1S/C14H19ClN2O/c1-9-7-16-8-13(9)14(18)17-10(2)11-3-5-12(15)6-4-11/h3-6,9-10,13,16H,7-8H2,1-2H3,(H,17,18). The molecule has 1 heterocycles. The van der Waals surface area contributed by atoms with Crippen molar-refractivity contribution in [1.82, 2.24) is 10.6 Å². The first kappa shape index (κ1) is 13.4. The van der Waals surface area contributed by atoms with E-state index >= 15 is 0 Å². The topological polar surface area (TPSA) is 41.1 Å². The molecule has 2 N–H and O–H groups in total. The van der Waals surface area contributed by atoms with E-state index in [4.69, 9.17) is 11.6 Å². The van der Waals surface area contributed by atoms with Gasteiger partial charge < -0.3 is 10.6 Å². The fourth-order valence-electron chi connectivity index (χ4n) is 2.32. The van der Waals surface area contributed by atoms with Crippen molar-refractivity contribution in [3.05, 3.63) is 34.9 Å². The normalized spacial score (nSPS) is 24.8. The number of carbonyl (C=O) groups is 1. The molecule has 3 atom stereocenters. The number of hydrogen-bond donors (Lipinski definition) is 2. The minimum atomic E-state index is 0.0163. The Morgan fingerprint density at radius 2 is 2.06 bits per heavy atom. The highest BCUT2D eigenvalue weighted by Gasteiger charge is 2.30. The van der Waals surface area contributed by atoms with Crippen LogP contribution < -0.4 is 10.6 Å². The van der Waals surface area contributed by atoms with E-state index < -0.39 is 0 Å². The molecule has 0 radical (unpaired) electrons. The number of rotatable bonds is 3. The van der Waals surface area contributed by atoms with Gasteiger partial charge in [0, 0.05) is 11.6 Å². The van der Waals surface area contributed by atoms with Crippen molar-refractivity contribution in [3.63, 3.8) is 0 Å². The second kappa shape index (κ2) is 5.72. The van der Waals surface area contributed by atoms with E-state index in [2.05, 4.69) is 17.6 Å². The number of nitrogens with one attached hydrogen (secondary N) is 2. The number of benzene rings is 1. The summed E-state index contributed by atoms with van der Waals surface area (Å²) in [6.07, 6.45) is 0. The molecule has 1 aliphatic heterocycles. The first-order chi connectivity index (χ1) is 8.58. The number of halogens is 1. The highest BCUT2D eigenvalue weighted by atomic mass is 35.5. The van der Waals surface area contributed by atoms with Crippen LogP contribution in [0.15, 0.2) is 24.3 Å². The molecule has 1 saturated heterocycles. The summed E-state index contributed by atoms with van der Waals surface area (Å²) in [6, 6.07) is 7.61. The molecule has 0 aliphatic carbocycles. The van der Waals surface area contributed by atoms with Gasteiger partial charge in [-0.3, -0.25) is 4.79 Å². The molecule has 0 aromatic heterocycles. The lowest BCUT2D eigenvalue weighted by Crippen LogP contribution is -2.35. The minimum absolute atomic E-state index is 0.0163. The molecule has 98 valence electrons. The molecule has 1 aromatic rings. The van der Waals surface area contributed by atoms with E-state index in [0.29, 0.717) is 10.9 Å². The molecule has 18 heavy (non-hydrogen) atoms. The summed E-state index contributed by atoms with van der Waals surface area (Å²) in [4.78, 5) is 12.1. The largest absolute Gasteiger partial charge is 0.349 e. The molecule has 0 spiro atoms. The van der Waals surface area contributed by atoms with Gasteiger partial charge in [-0.1, -0.05) is 30.7 Å². The molecular weight excluding hydrogens is 248 g/mol. The van der Waals surface area contributed by atoms with E-state index in [1.54, 1.807) is 0 Å². The summed E-state index contributed by atoms with van der Waals surface area (Å²) in [7, 11) is 0. The average molecular weight is 267 g/mol. The van der Waals surface area contributed by atoms with Crippen molar-refractivity contribution in [1.29, 1.82) is 0 Å². The summed E-state index contributed by atoms with van der Waals surface area (Å²) in [5.74, 6) is 0.622. The third kappa shape index (κ3) is 3.03. The van der Waals surface area contributed by atoms with Crippen molar-refractivity contribution >= 4 is 17.5 Å². The Bertz CT molecular complexity index is 418. The average Bonchev–Trinajstić information content (AvgIpc) is 2.76. The quantitative estimate of drug-likeness (QED) is 0.882. The van der Waals surface area contributed by atoms with Gasteiger partial charge in [0.1, 0.15) is 0 Å². The monoisotopic (exact) mass is 266 g/mol. The van der Waals surface area contributed by atoms with Gasteiger partial charge in [0.05, 0.1) is 12.0 Å². The van der Waals surface area contributed by atoms with Gasteiger partial charge in [-0.25, -0.2) is 0 Å². The SMILES string of the molecule is CC(NC(=O)C1CNCC1C)c1ccc(Cl)cc1. The first-order valence-corrected chi connectivity index (χ1v) is 6.72. The number of carbonyl (C=O) groups excluding carboxylic acids is 1. The lowest BCUT2D eigenvalue weighted by atomic mass is 9.96. The van der Waals surface area contributed by atoms with Crippen LogP contribution in [0.5, 0.6) is 0 Å². The molecule has 1 amide bonds. The van der Waals surface area contributed by atoms with Crippen LogP contribution in [0.3, 0.4) is 0 Å². The molecule has 0 saturated carbocycles. The third-order valence-corrected chi connectivity index (χ3v) is 3.83. The van der Waals surface area contributed by atoms with Gasteiger partial charge in [-0.2, -0.15) is 0 Å². The summed E-state index contributed by atoms with van der Waals surface area (Å²) < 4.78 is 0. The van der Waals surface area contributed by atoms with Crippen LogP contribution in [0.25, 0.3) is 0 Å². The zero-order valence-corrected chi connectivity index (χ0v) is 11.5. The van der Waals surface area contributed by atoms with Crippen LogP contribution in [0.4, 0.5) is 0 Å². The van der Waals surface area contributed by atoms with Crippen LogP contribution in [0, 0.1) is 11.8 Å². The third-order valence-electron chi connectivity index (χ3n) is 3.58. The molecular formula is C14H19ClN2O. The van der Waals surface area contributed by atoms with Crippen molar-refractivity contribution in [3.8, 4) is 0 Å². The fourth-order valence-corrected chi connectivity index (χ4v) is 2.44.